The molecule has 1 atom stereocenters. The molecular formula is C12H13F2IN2O. The largest absolute Gasteiger partial charge is 0.333 e. The first kappa shape index (κ1) is 13.7. The van der Waals surface area contributed by atoms with E-state index in [2.05, 4.69) is 5.32 Å². The number of amides is 1. The van der Waals surface area contributed by atoms with Crippen molar-refractivity contribution < 1.29 is 13.6 Å². The molecule has 1 heterocycles. The highest BCUT2D eigenvalue weighted by Crippen LogP contribution is 2.21. The van der Waals surface area contributed by atoms with Gasteiger partial charge < -0.3 is 10.2 Å². The Labute approximate surface area is 118 Å². The topological polar surface area (TPSA) is 32.3 Å². The van der Waals surface area contributed by atoms with Crippen LogP contribution in [0.4, 0.5) is 8.78 Å². The van der Waals surface area contributed by atoms with Crippen molar-refractivity contribution in [3.8, 4) is 0 Å². The highest BCUT2D eigenvalue weighted by molar-refractivity contribution is 14.1. The fourth-order valence-electron chi connectivity index (χ4n) is 2.01. The number of nitrogens with zero attached hydrogens (tertiary/aromatic N) is 1. The van der Waals surface area contributed by atoms with Gasteiger partial charge in [-0.2, -0.15) is 0 Å². The van der Waals surface area contributed by atoms with Crippen molar-refractivity contribution >= 4 is 28.5 Å². The van der Waals surface area contributed by atoms with Crippen molar-refractivity contribution in [2.45, 2.75) is 13.0 Å². The van der Waals surface area contributed by atoms with Gasteiger partial charge in [-0.1, -0.05) is 0 Å². The third-order valence-corrected chi connectivity index (χ3v) is 3.85. The lowest BCUT2D eigenvalue weighted by Gasteiger charge is -2.34. The summed E-state index contributed by atoms with van der Waals surface area (Å²) in [5.74, 6) is -2.15. The van der Waals surface area contributed by atoms with Gasteiger partial charge in [0.05, 0.1) is 0 Å². The summed E-state index contributed by atoms with van der Waals surface area (Å²) in [6.07, 6.45) is 0. The van der Waals surface area contributed by atoms with Crippen LogP contribution in [0.15, 0.2) is 12.1 Å². The maximum Gasteiger partial charge on any atom is 0.260 e. The number of hydrogen-bond donors (Lipinski definition) is 1. The Kier molecular flexibility index (Phi) is 4.16. The molecule has 6 heteroatoms. The van der Waals surface area contributed by atoms with Crippen LogP contribution in [0.5, 0.6) is 0 Å². The van der Waals surface area contributed by atoms with Crippen LogP contribution in [0.3, 0.4) is 0 Å². The van der Waals surface area contributed by atoms with Crippen LogP contribution in [0.2, 0.25) is 0 Å². The van der Waals surface area contributed by atoms with Gasteiger partial charge in [0, 0.05) is 29.2 Å². The van der Waals surface area contributed by atoms with Gasteiger partial charge in [-0.25, -0.2) is 8.78 Å². The highest BCUT2D eigenvalue weighted by atomic mass is 127. The first-order valence-electron chi connectivity index (χ1n) is 5.67. The maximum atomic E-state index is 13.9. The minimum Gasteiger partial charge on any atom is -0.333 e. The number of carbonyl (C=O) groups is 1. The zero-order valence-electron chi connectivity index (χ0n) is 9.84. The van der Waals surface area contributed by atoms with Gasteiger partial charge in [0.1, 0.15) is 11.4 Å². The molecule has 0 aliphatic carbocycles. The molecule has 1 aromatic carbocycles. The van der Waals surface area contributed by atoms with Gasteiger partial charge in [-0.15, -0.1) is 0 Å². The Hall–Kier alpha value is -0.760. The molecule has 1 N–H and O–H groups in total. The molecule has 1 saturated heterocycles. The van der Waals surface area contributed by atoms with E-state index in [9.17, 15) is 13.6 Å². The molecule has 3 nitrogen and oxygen atoms in total. The number of halogens is 3. The molecule has 1 amide bonds. The van der Waals surface area contributed by atoms with Crippen molar-refractivity contribution in [1.82, 2.24) is 10.2 Å². The van der Waals surface area contributed by atoms with E-state index in [0.29, 0.717) is 19.6 Å². The number of rotatable bonds is 1. The van der Waals surface area contributed by atoms with Crippen molar-refractivity contribution in [3.63, 3.8) is 0 Å². The monoisotopic (exact) mass is 366 g/mol. The number of piperazine rings is 1. The Bertz CT molecular complexity index is 481. The lowest BCUT2D eigenvalue weighted by atomic mass is 10.1. The summed E-state index contributed by atoms with van der Waals surface area (Å²) in [6.45, 7) is 3.60. The number of hydrogen-bond acceptors (Lipinski definition) is 2. The summed E-state index contributed by atoms with van der Waals surface area (Å²) in [5.41, 5.74) is -0.448. The minimum atomic E-state index is -0.802. The molecule has 0 saturated carbocycles. The van der Waals surface area contributed by atoms with Crippen LogP contribution >= 0.6 is 22.6 Å². The van der Waals surface area contributed by atoms with E-state index < -0.39 is 23.1 Å². The second-order valence-electron chi connectivity index (χ2n) is 4.27. The highest BCUT2D eigenvalue weighted by Gasteiger charge is 2.29. The van der Waals surface area contributed by atoms with Gasteiger partial charge in [0.25, 0.3) is 5.91 Å². The van der Waals surface area contributed by atoms with E-state index in [4.69, 9.17) is 0 Å². The van der Waals surface area contributed by atoms with E-state index >= 15 is 0 Å². The van der Waals surface area contributed by atoms with Gasteiger partial charge in [0.2, 0.25) is 0 Å². The number of carbonyl (C=O) groups excluding carboxylic acids is 1. The number of nitrogens with one attached hydrogen (secondary N) is 1. The third kappa shape index (κ3) is 2.49. The maximum absolute atomic E-state index is 13.9. The molecule has 0 aromatic heterocycles. The van der Waals surface area contributed by atoms with Crippen LogP contribution in [0, 0.1) is 15.2 Å². The van der Waals surface area contributed by atoms with E-state index in [1.54, 1.807) is 22.6 Å². The molecule has 0 radical (unpaired) electrons. The third-order valence-electron chi connectivity index (χ3n) is 3.02. The zero-order valence-corrected chi connectivity index (χ0v) is 12.0. The van der Waals surface area contributed by atoms with Gasteiger partial charge >= 0.3 is 0 Å². The summed E-state index contributed by atoms with van der Waals surface area (Å²) >= 11 is 1.75. The second-order valence-corrected chi connectivity index (χ2v) is 5.43. The lowest BCUT2D eigenvalue weighted by Crippen LogP contribution is -2.52. The summed E-state index contributed by atoms with van der Waals surface area (Å²) < 4.78 is 27.8. The first-order valence-corrected chi connectivity index (χ1v) is 6.75. The Balaban J connectivity index is 2.36. The molecule has 1 aliphatic heterocycles. The molecule has 0 spiro atoms. The van der Waals surface area contributed by atoms with E-state index in [1.165, 1.54) is 11.0 Å². The summed E-state index contributed by atoms with van der Waals surface area (Å²) in [6, 6.07) is 2.39. The molecular weight excluding hydrogens is 353 g/mol. The lowest BCUT2D eigenvalue weighted by molar-refractivity contribution is 0.0645. The molecule has 1 aliphatic rings. The van der Waals surface area contributed by atoms with E-state index in [-0.39, 0.29) is 9.61 Å². The van der Waals surface area contributed by atoms with Gasteiger partial charge in [-0.05, 0) is 41.6 Å². The predicted octanol–water partition coefficient (Wildman–Crippen LogP) is 2.00. The summed E-state index contributed by atoms with van der Waals surface area (Å²) in [5, 5.41) is 3.13. The van der Waals surface area contributed by atoms with Crippen LogP contribution in [-0.2, 0) is 0 Å². The van der Waals surface area contributed by atoms with Crippen LogP contribution in [-0.4, -0.2) is 36.5 Å². The zero-order chi connectivity index (χ0) is 13.3. The summed E-state index contributed by atoms with van der Waals surface area (Å²) in [4.78, 5) is 13.7. The second kappa shape index (κ2) is 5.48. The van der Waals surface area contributed by atoms with Crippen molar-refractivity contribution in [1.29, 1.82) is 0 Å². The van der Waals surface area contributed by atoms with Crippen molar-refractivity contribution in [2.24, 2.45) is 0 Å². The molecule has 2 rings (SSSR count). The predicted molar refractivity (Wildman–Crippen MR) is 72.4 cm³/mol. The quantitative estimate of drug-likeness (QED) is 0.609. The Morgan fingerprint density at radius 1 is 1.50 bits per heavy atom. The summed E-state index contributed by atoms with van der Waals surface area (Å²) in [7, 11) is 0. The van der Waals surface area contributed by atoms with E-state index in [0.717, 1.165) is 6.07 Å². The van der Waals surface area contributed by atoms with Crippen LogP contribution in [0.1, 0.15) is 17.3 Å². The fourth-order valence-corrected chi connectivity index (χ4v) is 2.46. The minimum absolute atomic E-state index is 0.0667. The molecule has 0 unspecified atom stereocenters. The van der Waals surface area contributed by atoms with Gasteiger partial charge in [-0.3, -0.25) is 4.79 Å². The first-order chi connectivity index (χ1) is 8.52. The average molecular weight is 366 g/mol. The normalized spacial score (nSPS) is 20.0. The molecule has 1 aromatic rings. The van der Waals surface area contributed by atoms with Gasteiger partial charge in [0.15, 0.2) is 5.82 Å². The van der Waals surface area contributed by atoms with E-state index in [1.807, 2.05) is 6.92 Å². The Morgan fingerprint density at radius 3 is 2.89 bits per heavy atom. The van der Waals surface area contributed by atoms with Crippen LogP contribution < -0.4 is 5.32 Å². The smallest absolute Gasteiger partial charge is 0.260 e. The van der Waals surface area contributed by atoms with Crippen molar-refractivity contribution in [3.05, 3.63) is 32.9 Å². The molecule has 18 heavy (non-hydrogen) atoms. The molecule has 0 bridgehead atoms. The number of benzene rings is 1. The fraction of sp³-hybridized carbons (Fsp3) is 0.417. The molecule has 98 valence electrons. The Morgan fingerprint density at radius 2 is 2.22 bits per heavy atom. The molecule has 1 fully saturated rings. The standard InChI is InChI=1S/C12H13F2IN2O/c1-7-6-16-4-5-17(7)12(18)10-8(13)2-3-9(15)11(10)14/h2-3,7,16H,4-6H2,1H3/t7-/m0/s1. The average Bonchev–Trinajstić information content (AvgIpc) is 2.35. The SMILES string of the molecule is C[C@H]1CNCCN1C(=O)c1c(F)ccc(I)c1F. The van der Waals surface area contributed by atoms with Crippen LogP contribution in [0.25, 0.3) is 0 Å². The van der Waals surface area contributed by atoms with Crippen molar-refractivity contribution in [2.75, 3.05) is 19.6 Å².